The highest BCUT2D eigenvalue weighted by atomic mass is 16.5. The summed E-state index contributed by atoms with van der Waals surface area (Å²) in [5.74, 6) is 0.243. The number of urea groups is 1. The Balaban J connectivity index is 2.70. The van der Waals surface area contributed by atoms with E-state index in [4.69, 9.17) is 4.74 Å². The molecule has 6 nitrogen and oxygen atoms in total. The Morgan fingerprint density at radius 3 is 2.65 bits per heavy atom. The van der Waals surface area contributed by atoms with Crippen LogP contribution in [0.1, 0.15) is 19.4 Å². The molecule has 110 valence electrons. The second-order valence-electron chi connectivity index (χ2n) is 4.42. The van der Waals surface area contributed by atoms with Gasteiger partial charge in [-0.25, -0.2) is 4.79 Å². The van der Waals surface area contributed by atoms with E-state index in [1.807, 2.05) is 25.1 Å². The summed E-state index contributed by atoms with van der Waals surface area (Å²) >= 11 is 0. The Hall–Kier alpha value is -2.24. The lowest BCUT2D eigenvalue weighted by molar-refractivity contribution is -0.120. The molecule has 1 unspecified atom stereocenters. The van der Waals surface area contributed by atoms with Gasteiger partial charge in [0.25, 0.3) is 0 Å². The third-order valence-electron chi connectivity index (χ3n) is 2.69. The highest BCUT2D eigenvalue weighted by Gasteiger charge is 2.16. The second-order valence-corrected chi connectivity index (χ2v) is 4.42. The van der Waals surface area contributed by atoms with E-state index in [0.717, 1.165) is 5.56 Å². The zero-order valence-corrected chi connectivity index (χ0v) is 12.2. The minimum absolute atomic E-state index is 0.403. The van der Waals surface area contributed by atoms with E-state index in [1.165, 1.54) is 0 Å². The maximum atomic E-state index is 11.8. The number of anilines is 1. The quantitative estimate of drug-likeness (QED) is 0.765. The lowest BCUT2D eigenvalue weighted by Gasteiger charge is -2.17. The van der Waals surface area contributed by atoms with Gasteiger partial charge in [-0.3, -0.25) is 10.1 Å². The Labute approximate surface area is 118 Å². The number of nitrogens with one attached hydrogen (secondary N) is 3. The van der Waals surface area contributed by atoms with Crippen molar-refractivity contribution in [3.05, 3.63) is 23.8 Å². The van der Waals surface area contributed by atoms with Crippen LogP contribution < -0.4 is 20.7 Å². The molecule has 1 aromatic rings. The molecule has 0 radical (unpaired) electrons. The van der Waals surface area contributed by atoms with Crippen molar-refractivity contribution in [1.82, 2.24) is 10.6 Å². The number of aryl methyl sites for hydroxylation is 1. The molecule has 3 amide bonds. The van der Waals surface area contributed by atoms with Gasteiger partial charge in [0.1, 0.15) is 11.8 Å². The molecule has 0 saturated heterocycles. The molecule has 1 rings (SSSR count). The summed E-state index contributed by atoms with van der Waals surface area (Å²) in [5, 5.41) is 7.80. The second kappa shape index (κ2) is 7.37. The predicted octanol–water partition coefficient (Wildman–Crippen LogP) is 1.65. The molecule has 0 spiro atoms. The number of hydrogen-bond donors (Lipinski definition) is 3. The van der Waals surface area contributed by atoms with E-state index < -0.39 is 18.0 Å². The van der Waals surface area contributed by atoms with Crippen molar-refractivity contribution >= 4 is 17.6 Å². The van der Waals surface area contributed by atoms with E-state index in [0.29, 0.717) is 18.0 Å². The zero-order chi connectivity index (χ0) is 15.1. The number of rotatable bonds is 5. The summed E-state index contributed by atoms with van der Waals surface area (Å²) < 4.78 is 5.23. The third kappa shape index (κ3) is 4.46. The number of carbonyl (C=O) groups excluding carboxylic acids is 2. The number of methoxy groups -OCH3 is 1. The molecule has 0 saturated carbocycles. The first-order valence-corrected chi connectivity index (χ1v) is 6.47. The van der Waals surface area contributed by atoms with Gasteiger partial charge in [-0.15, -0.1) is 0 Å². The predicted molar refractivity (Wildman–Crippen MR) is 78.0 cm³/mol. The fraction of sp³-hybridized carbons (Fsp3) is 0.429. The van der Waals surface area contributed by atoms with Gasteiger partial charge in [-0.05, 0) is 38.5 Å². The SMILES string of the molecule is CCNC(=O)NC(=O)C(C)Nc1cc(C)ccc1OC. The summed E-state index contributed by atoms with van der Waals surface area (Å²) in [6, 6.07) is 4.57. The smallest absolute Gasteiger partial charge is 0.321 e. The number of carbonyl (C=O) groups is 2. The fourth-order valence-corrected chi connectivity index (χ4v) is 1.66. The maximum absolute atomic E-state index is 11.8. The molecule has 0 aliphatic heterocycles. The normalized spacial score (nSPS) is 11.4. The molecular weight excluding hydrogens is 258 g/mol. The summed E-state index contributed by atoms with van der Waals surface area (Å²) in [4.78, 5) is 23.1. The van der Waals surface area contributed by atoms with Gasteiger partial charge in [0, 0.05) is 6.54 Å². The number of imide groups is 1. The Morgan fingerprint density at radius 1 is 1.35 bits per heavy atom. The minimum atomic E-state index is -0.562. The van der Waals surface area contributed by atoms with E-state index in [9.17, 15) is 9.59 Å². The number of hydrogen-bond acceptors (Lipinski definition) is 4. The molecular formula is C14H21N3O3. The van der Waals surface area contributed by atoms with Crippen LogP contribution >= 0.6 is 0 Å². The van der Waals surface area contributed by atoms with Gasteiger partial charge in [0.05, 0.1) is 12.8 Å². The average molecular weight is 279 g/mol. The minimum Gasteiger partial charge on any atom is -0.495 e. The zero-order valence-electron chi connectivity index (χ0n) is 12.2. The fourth-order valence-electron chi connectivity index (χ4n) is 1.66. The molecule has 0 fully saturated rings. The topological polar surface area (TPSA) is 79.5 Å². The van der Waals surface area contributed by atoms with Crippen molar-refractivity contribution < 1.29 is 14.3 Å². The van der Waals surface area contributed by atoms with E-state index in [1.54, 1.807) is 21.0 Å². The molecule has 20 heavy (non-hydrogen) atoms. The Kier molecular flexibility index (Phi) is 5.83. The third-order valence-corrected chi connectivity index (χ3v) is 2.69. The van der Waals surface area contributed by atoms with E-state index >= 15 is 0 Å². The van der Waals surface area contributed by atoms with Gasteiger partial charge < -0.3 is 15.4 Å². The van der Waals surface area contributed by atoms with Crippen molar-refractivity contribution in [1.29, 1.82) is 0 Å². The molecule has 0 aromatic heterocycles. The van der Waals surface area contributed by atoms with Gasteiger partial charge in [-0.2, -0.15) is 0 Å². The first-order valence-electron chi connectivity index (χ1n) is 6.47. The van der Waals surface area contributed by atoms with Crippen molar-refractivity contribution in [3.63, 3.8) is 0 Å². The van der Waals surface area contributed by atoms with Crippen LogP contribution in [0.5, 0.6) is 5.75 Å². The van der Waals surface area contributed by atoms with Crippen molar-refractivity contribution in [3.8, 4) is 5.75 Å². The molecule has 0 bridgehead atoms. The van der Waals surface area contributed by atoms with Crippen molar-refractivity contribution in [2.75, 3.05) is 19.0 Å². The monoisotopic (exact) mass is 279 g/mol. The van der Waals surface area contributed by atoms with Crippen LogP contribution in [0.15, 0.2) is 18.2 Å². The standard InChI is InChI=1S/C14H21N3O3/c1-5-15-14(19)17-13(18)10(3)16-11-8-9(2)6-7-12(11)20-4/h6-8,10,16H,5H2,1-4H3,(H2,15,17,18,19). The molecule has 6 heteroatoms. The molecule has 1 atom stereocenters. The molecule has 0 heterocycles. The van der Waals surface area contributed by atoms with Crippen molar-refractivity contribution in [2.45, 2.75) is 26.8 Å². The van der Waals surface area contributed by atoms with E-state index in [-0.39, 0.29) is 0 Å². The maximum Gasteiger partial charge on any atom is 0.321 e. The summed E-state index contributed by atoms with van der Waals surface area (Å²) in [5.41, 5.74) is 1.76. The largest absolute Gasteiger partial charge is 0.495 e. The van der Waals surface area contributed by atoms with Gasteiger partial charge in [-0.1, -0.05) is 6.07 Å². The highest BCUT2D eigenvalue weighted by Crippen LogP contribution is 2.25. The van der Waals surface area contributed by atoms with Crippen LogP contribution in [0, 0.1) is 6.92 Å². The van der Waals surface area contributed by atoms with Crippen molar-refractivity contribution in [2.24, 2.45) is 0 Å². The van der Waals surface area contributed by atoms with Crippen LogP contribution in [0.25, 0.3) is 0 Å². The number of amides is 3. The lowest BCUT2D eigenvalue weighted by atomic mass is 10.2. The summed E-state index contributed by atoms with van der Waals surface area (Å²) in [7, 11) is 1.56. The van der Waals surface area contributed by atoms with E-state index in [2.05, 4.69) is 16.0 Å². The van der Waals surface area contributed by atoms with Gasteiger partial charge in [0.15, 0.2) is 0 Å². The Bertz CT molecular complexity index is 489. The summed E-state index contributed by atoms with van der Waals surface area (Å²) in [6.45, 7) is 5.87. The first kappa shape index (κ1) is 15.8. The molecule has 3 N–H and O–H groups in total. The highest BCUT2D eigenvalue weighted by molar-refractivity contribution is 5.98. The molecule has 0 aliphatic rings. The van der Waals surface area contributed by atoms with Gasteiger partial charge >= 0.3 is 6.03 Å². The van der Waals surface area contributed by atoms with Gasteiger partial charge in [0.2, 0.25) is 5.91 Å². The van der Waals surface area contributed by atoms with Crippen LogP contribution in [0.2, 0.25) is 0 Å². The number of ether oxygens (including phenoxy) is 1. The Morgan fingerprint density at radius 2 is 2.05 bits per heavy atom. The summed E-state index contributed by atoms with van der Waals surface area (Å²) in [6.07, 6.45) is 0. The molecule has 1 aromatic carbocycles. The van der Waals surface area contributed by atoms with Crippen LogP contribution in [-0.4, -0.2) is 31.6 Å². The molecule has 0 aliphatic carbocycles. The number of benzene rings is 1. The first-order chi connectivity index (χ1) is 9.47. The van der Waals surface area contributed by atoms with Crippen LogP contribution in [0.4, 0.5) is 10.5 Å². The lowest BCUT2D eigenvalue weighted by Crippen LogP contribution is -2.45. The van der Waals surface area contributed by atoms with Crippen LogP contribution in [0.3, 0.4) is 0 Å². The average Bonchev–Trinajstić information content (AvgIpc) is 2.39. The van der Waals surface area contributed by atoms with Crippen LogP contribution in [-0.2, 0) is 4.79 Å².